The van der Waals surface area contributed by atoms with E-state index in [0.717, 1.165) is 0 Å². The highest BCUT2D eigenvalue weighted by Gasteiger charge is 2.45. The normalized spacial score (nSPS) is 34.1. The largest absolute Gasteiger partial charge is 0.393 e. The summed E-state index contributed by atoms with van der Waals surface area (Å²) < 4.78 is 0. The van der Waals surface area contributed by atoms with Crippen LogP contribution in [0.3, 0.4) is 0 Å². The second-order valence-corrected chi connectivity index (χ2v) is 3.17. The van der Waals surface area contributed by atoms with Crippen LogP contribution in [0.4, 0.5) is 0 Å². The molecule has 0 bridgehead atoms. The maximum atomic E-state index is 10.4. The molecule has 7 heteroatoms. The molecule has 0 aromatic rings. The van der Waals surface area contributed by atoms with E-state index >= 15 is 0 Å². The van der Waals surface area contributed by atoms with Crippen molar-refractivity contribution >= 4 is 0 Å². The highest BCUT2D eigenvalue weighted by molar-refractivity contribution is 4.79. The first kappa shape index (κ1) is 9.85. The van der Waals surface area contributed by atoms with Gasteiger partial charge in [0.25, 0.3) is 12.1 Å². The van der Waals surface area contributed by atoms with E-state index in [4.69, 9.17) is 5.11 Å². The first-order valence-corrected chi connectivity index (χ1v) is 3.97. The minimum absolute atomic E-state index is 0.0831. The second-order valence-electron chi connectivity index (χ2n) is 3.17. The zero-order valence-corrected chi connectivity index (χ0v) is 6.83. The molecule has 3 unspecified atom stereocenters. The minimum atomic E-state index is -1.24. The van der Waals surface area contributed by atoms with E-state index < -0.39 is 28.0 Å². The Morgan fingerprint density at radius 3 is 2.08 bits per heavy atom. The van der Waals surface area contributed by atoms with Gasteiger partial charge in [-0.3, -0.25) is 20.2 Å². The molecule has 74 valence electrons. The SMILES string of the molecule is O=[N+]([O-])C1CCC(O)CC1[N+](=O)[O-]. The summed E-state index contributed by atoms with van der Waals surface area (Å²) in [5, 5.41) is 29.9. The van der Waals surface area contributed by atoms with Crippen LogP contribution in [0.25, 0.3) is 0 Å². The van der Waals surface area contributed by atoms with E-state index in [2.05, 4.69) is 0 Å². The van der Waals surface area contributed by atoms with E-state index in [1.165, 1.54) is 0 Å². The zero-order valence-electron chi connectivity index (χ0n) is 6.83. The molecule has 7 nitrogen and oxygen atoms in total. The van der Waals surface area contributed by atoms with Gasteiger partial charge in [0.15, 0.2) is 0 Å². The van der Waals surface area contributed by atoms with Gasteiger partial charge in [0.05, 0.1) is 6.10 Å². The van der Waals surface area contributed by atoms with Crippen molar-refractivity contribution in [3.63, 3.8) is 0 Å². The Hall–Kier alpha value is -1.24. The molecule has 1 aliphatic carbocycles. The van der Waals surface area contributed by atoms with Crippen molar-refractivity contribution in [2.45, 2.75) is 37.5 Å². The standard InChI is InChI=1S/C6H10N2O5/c9-4-1-2-5(7(10)11)6(3-4)8(12)13/h4-6,9H,1-3H2. The molecule has 0 spiro atoms. The molecule has 1 saturated carbocycles. The summed E-state index contributed by atoms with van der Waals surface area (Å²) in [5.74, 6) is 0. The summed E-state index contributed by atoms with van der Waals surface area (Å²) in [6.07, 6.45) is -0.527. The van der Waals surface area contributed by atoms with E-state index in [-0.39, 0.29) is 19.3 Å². The molecule has 0 radical (unpaired) electrons. The van der Waals surface area contributed by atoms with Crippen molar-refractivity contribution in [1.29, 1.82) is 0 Å². The fourth-order valence-corrected chi connectivity index (χ4v) is 1.58. The van der Waals surface area contributed by atoms with Crippen LogP contribution in [-0.2, 0) is 0 Å². The lowest BCUT2D eigenvalue weighted by atomic mass is 9.89. The van der Waals surface area contributed by atoms with Gasteiger partial charge in [0.2, 0.25) is 0 Å². The Kier molecular flexibility index (Phi) is 2.76. The Bertz CT molecular complexity index is 231. The van der Waals surface area contributed by atoms with Gasteiger partial charge in [-0.15, -0.1) is 0 Å². The first-order valence-electron chi connectivity index (χ1n) is 3.97. The summed E-state index contributed by atoms with van der Waals surface area (Å²) in [6.45, 7) is 0. The van der Waals surface area contributed by atoms with E-state index in [1.807, 2.05) is 0 Å². The van der Waals surface area contributed by atoms with Crippen LogP contribution >= 0.6 is 0 Å². The molecular weight excluding hydrogens is 180 g/mol. The third-order valence-corrected chi connectivity index (χ3v) is 2.29. The molecular formula is C6H10N2O5. The van der Waals surface area contributed by atoms with Crippen molar-refractivity contribution in [3.05, 3.63) is 20.2 Å². The van der Waals surface area contributed by atoms with Gasteiger partial charge in [0.1, 0.15) is 0 Å². The second kappa shape index (κ2) is 3.65. The predicted octanol–water partition coefficient (Wildman–Crippen LogP) is -0.178. The molecule has 0 heterocycles. The molecule has 0 saturated heterocycles. The smallest absolute Gasteiger partial charge is 0.281 e. The molecule has 0 aliphatic heterocycles. The molecule has 1 N–H and O–H groups in total. The molecule has 3 atom stereocenters. The predicted molar refractivity (Wildman–Crippen MR) is 41.4 cm³/mol. The zero-order chi connectivity index (χ0) is 10.0. The summed E-state index contributed by atoms with van der Waals surface area (Å²) in [5.41, 5.74) is 0. The van der Waals surface area contributed by atoms with Crippen molar-refractivity contribution in [2.75, 3.05) is 0 Å². The average Bonchev–Trinajstić information content (AvgIpc) is 2.03. The Morgan fingerprint density at radius 2 is 1.62 bits per heavy atom. The summed E-state index contributed by atoms with van der Waals surface area (Å²) in [4.78, 5) is 19.5. The molecule has 0 aromatic carbocycles. The van der Waals surface area contributed by atoms with E-state index in [9.17, 15) is 20.2 Å². The molecule has 1 aliphatic rings. The van der Waals surface area contributed by atoms with Crippen LogP contribution in [0.5, 0.6) is 0 Å². The Labute approximate surface area is 73.7 Å². The highest BCUT2D eigenvalue weighted by atomic mass is 16.6. The maximum Gasteiger partial charge on any atom is 0.281 e. The summed E-state index contributed by atoms with van der Waals surface area (Å²) >= 11 is 0. The molecule has 0 amide bonds. The van der Waals surface area contributed by atoms with Crippen molar-refractivity contribution in [1.82, 2.24) is 0 Å². The Morgan fingerprint density at radius 1 is 1.08 bits per heavy atom. The van der Waals surface area contributed by atoms with E-state index in [0.29, 0.717) is 0 Å². The fourth-order valence-electron chi connectivity index (χ4n) is 1.58. The van der Waals surface area contributed by atoms with Crippen molar-refractivity contribution < 1.29 is 15.0 Å². The maximum absolute atomic E-state index is 10.4. The topological polar surface area (TPSA) is 107 Å². The lowest BCUT2D eigenvalue weighted by Crippen LogP contribution is -2.45. The molecule has 1 fully saturated rings. The van der Waals surface area contributed by atoms with Crippen LogP contribution in [-0.4, -0.2) is 33.1 Å². The number of aliphatic hydroxyl groups is 1. The third kappa shape index (κ3) is 2.11. The van der Waals surface area contributed by atoms with Crippen molar-refractivity contribution in [3.8, 4) is 0 Å². The molecule has 0 aromatic heterocycles. The number of aliphatic hydroxyl groups excluding tert-OH is 1. The highest BCUT2D eigenvalue weighted by Crippen LogP contribution is 2.23. The van der Waals surface area contributed by atoms with Gasteiger partial charge < -0.3 is 5.11 Å². The number of hydrogen-bond donors (Lipinski definition) is 1. The summed E-state index contributed by atoms with van der Waals surface area (Å²) in [7, 11) is 0. The van der Waals surface area contributed by atoms with Crippen LogP contribution < -0.4 is 0 Å². The minimum Gasteiger partial charge on any atom is -0.393 e. The number of rotatable bonds is 2. The van der Waals surface area contributed by atoms with Crippen LogP contribution in [0.15, 0.2) is 0 Å². The quantitative estimate of drug-likeness (QED) is 0.480. The average molecular weight is 190 g/mol. The van der Waals surface area contributed by atoms with E-state index in [1.54, 1.807) is 0 Å². The first-order chi connectivity index (χ1) is 6.02. The van der Waals surface area contributed by atoms with Gasteiger partial charge >= 0.3 is 0 Å². The summed E-state index contributed by atoms with van der Waals surface area (Å²) in [6, 6.07) is -2.38. The number of nitro groups is 2. The third-order valence-electron chi connectivity index (χ3n) is 2.29. The fraction of sp³-hybridized carbons (Fsp3) is 1.00. The van der Waals surface area contributed by atoms with Gasteiger partial charge in [-0.2, -0.15) is 0 Å². The van der Waals surface area contributed by atoms with Crippen LogP contribution in [0.2, 0.25) is 0 Å². The molecule has 13 heavy (non-hydrogen) atoms. The van der Waals surface area contributed by atoms with Gasteiger partial charge in [-0.25, -0.2) is 0 Å². The van der Waals surface area contributed by atoms with Gasteiger partial charge in [-0.05, 0) is 6.42 Å². The number of hydrogen-bond acceptors (Lipinski definition) is 5. The lowest BCUT2D eigenvalue weighted by Gasteiger charge is -2.22. The monoisotopic (exact) mass is 190 g/mol. The van der Waals surface area contributed by atoms with Gasteiger partial charge in [-0.1, -0.05) is 0 Å². The number of nitrogens with zero attached hydrogens (tertiary/aromatic N) is 2. The van der Waals surface area contributed by atoms with Crippen LogP contribution in [0, 0.1) is 20.2 Å². The van der Waals surface area contributed by atoms with Gasteiger partial charge in [0, 0.05) is 22.7 Å². The Balaban J connectivity index is 2.72. The lowest BCUT2D eigenvalue weighted by molar-refractivity contribution is -0.623. The van der Waals surface area contributed by atoms with Crippen LogP contribution in [0.1, 0.15) is 19.3 Å². The molecule has 1 rings (SSSR count). The van der Waals surface area contributed by atoms with Crippen molar-refractivity contribution in [2.24, 2.45) is 0 Å².